The van der Waals surface area contributed by atoms with Gasteiger partial charge in [-0.2, -0.15) is 0 Å². The highest BCUT2D eigenvalue weighted by atomic mass is 32.1. The van der Waals surface area contributed by atoms with Gasteiger partial charge in [0.05, 0.1) is 0 Å². The predicted molar refractivity (Wildman–Crippen MR) is 205 cm³/mol. The third kappa shape index (κ3) is 7.52. The monoisotopic (exact) mass is 720 g/mol. The van der Waals surface area contributed by atoms with Gasteiger partial charge in [0.25, 0.3) is 0 Å². The maximum atomic E-state index is 13.8. The third-order valence-electron chi connectivity index (χ3n) is 8.31. The van der Waals surface area contributed by atoms with Crippen molar-refractivity contribution >= 4 is 92.3 Å². The molecule has 0 aliphatic heterocycles. The molecule has 4 aromatic carbocycles. The van der Waals surface area contributed by atoms with Crippen LogP contribution in [0.25, 0.3) is 40.3 Å². The van der Waals surface area contributed by atoms with Crippen LogP contribution in [0.15, 0.2) is 102 Å². The molecule has 0 unspecified atom stereocenters. The van der Waals surface area contributed by atoms with Crippen molar-refractivity contribution < 1.29 is 23.9 Å². The molecule has 3 aromatic heterocycles. The standard InChI is InChI=1S/C40H36N2O5S3/c1-40(2,3)47-39(45)42-29(20-24-10-6-4-7-11-24)37(43)41-30(21-25-12-8-5-9-13-25)38(44)46-23-26-22-28-32(49-26)15-17-34-36(28)35-27-18-19-48-31(27)14-16-33(35)50-34/h4-19,22,29-30H,20-21,23H2,1-3H3,(H,41,43)(H,42,45)/t29-,30-/m0/s1. The van der Waals surface area contributed by atoms with Crippen molar-refractivity contribution in [2.45, 2.75) is 57.9 Å². The lowest BCUT2D eigenvalue weighted by Crippen LogP contribution is -2.54. The van der Waals surface area contributed by atoms with Gasteiger partial charge in [-0.3, -0.25) is 4.79 Å². The van der Waals surface area contributed by atoms with Gasteiger partial charge in [-0.15, -0.1) is 34.0 Å². The number of alkyl carbamates (subject to hydrolysis) is 1. The predicted octanol–water partition coefficient (Wildman–Crippen LogP) is 9.39. The van der Waals surface area contributed by atoms with Crippen LogP contribution in [0.4, 0.5) is 4.79 Å². The van der Waals surface area contributed by atoms with Crippen molar-refractivity contribution in [1.29, 1.82) is 0 Å². The first-order valence-corrected chi connectivity index (χ1v) is 18.9. The van der Waals surface area contributed by atoms with E-state index in [9.17, 15) is 14.4 Å². The topological polar surface area (TPSA) is 93.7 Å². The van der Waals surface area contributed by atoms with Gasteiger partial charge in [0.1, 0.15) is 24.3 Å². The van der Waals surface area contributed by atoms with Crippen molar-refractivity contribution in [2.24, 2.45) is 0 Å². The number of thiophene rings is 3. The molecular weight excluding hydrogens is 685 g/mol. The highest BCUT2D eigenvalue weighted by molar-refractivity contribution is 7.27. The average molecular weight is 721 g/mol. The number of esters is 1. The Morgan fingerprint density at radius 2 is 1.28 bits per heavy atom. The summed E-state index contributed by atoms with van der Waals surface area (Å²) in [5.74, 6) is -1.06. The van der Waals surface area contributed by atoms with Crippen LogP contribution in [0.2, 0.25) is 0 Å². The van der Waals surface area contributed by atoms with Crippen molar-refractivity contribution in [3.63, 3.8) is 0 Å². The SMILES string of the molecule is CC(C)(C)OC(=O)N[C@@H](Cc1ccccc1)C(=O)N[C@@H](Cc1ccccc1)C(=O)OCc1cc2c(ccc3sc4ccc5sccc5c4c32)s1. The number of hydrogen-bond acceptors (Lipinski definition) is 8. The quantitative estimate of drug-likeness (QED) is 0.137. The largest absolute Gasteiger partial charge is 0.458 e. The van der Waals surface area contributed by atoms with Crippen LogP contribution in [0.3, 0.4) is 0 Å². The first kappa shape index (κ1) is 33.7. The molecule has 254 valence electrons. The fraction of sp³-hybridized carbons (Fsp3) is 0.225. The van der Waals surface area contributed by atoms with Gasteiger partial charge in [0.2, 0.25) is 5.91 Å². The van der Waals surface area contributed by atoms with Crippen molar-refractivity contribution in [3.8, 4) is 0 Å². The summed E-state index contributed by atoms with van der Waals surface area (Å²) < 4.78 is 16.3. The highest BCUT2D eigenvalue weighted by Crippen LogP contribution is 2.44. The van der Waals surface area contributed by atoms with E-state index in [0.29, 0.717) is 0 Å². The highest BCUT2D eigenvalue weighted by Gasteiger charge is 2.30. The smallest absolute Gasteiger partial charge is 0.408 e. The van der Waals surface area contributed by atoms with Gasteiger partial charge in [0, 0.05) is 58.1 Å². The summed E-state index contributed by atoms with van der Waals surface area (Å²) in [6.45, 7) is 5.35. The second kappa shape index (κ2) is 14.2. The molecule has 0 saturated carbocycles. The minimum atomic E-state index is -0.989. The van der Waals surface area contributed by atoms with Gasteiger partial charge in [0.15, 0.2) is 0 Å². The Labute approximate surface area is 301 Å². The van der Waals surface area contributed by atoms with Gasteiger partial charge in [-0.25, -0.2) is 9.59 Å². The van der Waals surface area contributed by atoms with E-state index in [4.69, 9.17) is 9.47 Å². The number of ether oxygens (including phenoxy) is 2. The first-order valence-electron chi connectivity index (χ1n) is 16.4. The van der Waals surface area contributed by atoms with Gasteiger partial charge >= 0.3 is 12.1 Å². The second-order valence-corrected chi connectivity index (χ2v) is 16.4. The Morgan fingerprint density at radius 1 is 0.680 bits per heavy atom. The zero-order valence-corrected chi connectivity index (χ0v) is 30.3. The fourth-order valence-electron chi connectivity index (χ4n) is 6.11. The molecule has 50 heavy (non-hydrogen) atoms. The summed E-state index contributed by atoms with van der Waals surface area (Å²) in [7, 11) is 0. The Kier molecular flexibility index (Phi) is 9.59. The number of benzene rings is 4. The van der Waals surface area contributed by atoms with Crippen LogP contribution in [0, 0.1) is 0 Å². The first-order chi connectivity index (χ1) is 24.1. The van der Waals surface area contributed by atoms with E-state index in [2.05, 4.69) is 52.4 Å². The van der Waals surface area contributed by atoms with Gasteiger partial charge < -0.3 is 20.1 Å². The molecule has 0 aliphatic carbocycles. The molecule has 0 bridgehead atoms. The zero-order valence-electron chi connectivity index (χ0n) is 27.9. The summed E-state index contributed by atoms with van der Waals surface area (Å²) in [5, 5.41) is 12.7. The molecule has 2 amide bonds. The van der Waals surface area contributed by atoms with E-state index in [-0.39, 0.29) is 19.4 Å². The maximum absolute atomic E-state index is 13.8. The molecule has 0 radical (unpaired) electrons. The summed E-state index contributed by atoms with van der Waals surface area (Å²) in [4.78, 5) is 41.3. The molecular formula is C40H36N2O5S3. The number of carbonyl (C=O) groups is 3. The van der Waals surface area contributed by atoms with Crippen LogP contribution in [-0.2, 0) is 38.5 Å². The number of rotatable bonds is 10. The fourth-order valence-corrected chi connectivity index (χ4v) is 9.03. The molecule has 2 N–H and O–H groups in total. The number of hydrogen-bond donors (Lipinski definition) is 2. The van der Waals surface area contributed by atoms with E-state index in [1.165, 1.54) is 30.3 Å². The van der Waals surface area contributed by atoms with Gasteiger partial charge in [-0.1, -0.05) is 60.7 Å². The number of amides is 2. The molecule has 0 spiro atoms. The molecule has 2 atom stereocenters. The van der Waals surface area contributed by atoms with Crippen molar-refractivity contribution in [1.82, 2.24) is 10.6 Å². The maximum Gasteiger partial charge on any atom is 0.408 e. The summed E-state index contributed by atoms with van der Waals surface area (Å²) >= 11 is 5.14. The Bertz CT molecular complexity index is 2320. The van der Waals surface area contributed by atoms with Crippen molar-refractivity contribution in [3.05, 3.63) is 118 Å². The lowest BCUT2D eigenvalue weighted by atomic mass is 10.0. The van der Waals surface area contributed by atoms with Crippen molar-refractivity contribution in [2.75, 3.05) is 0 Å². The van der Waals surface area contributed by atoms with E-state index < -0.39 is 35.7 Å². The number of nitrogens with one attached hydrogen (secondary N) is 2. The third-order valence-corrected chi connectivity index (χ3v) is 11.4. The Morgan fingerprint density at radius 3 is 1.94 bits per heavy atom. The Balaban J connectivity index is 1.13. The van der Waals surface area contributed by atoms with Crippen LogP contribution in [0.5, 0.6) is 0 Å². The second-order valence-electron chi connectivity index (χ2n) is 13.2. The van der Waals surface area contributed by atoms with Crippen LogP contribution in [-0.4, -0.2) is 35.7 Å². The molecule has 0 fully saturated rings. The minimum Gasteiger partial charge on any atom is -0.458 e. The molecule has 0 saturated heterocycles. The van der Waals surface area contributed by atoms with E-state index in [0.717, 1.165) is 26.1 Å². The summed E-state index contributed by atoms with van der Waals surface area (Å²) in [6.07, 6.45) is -0.280. The molecule has 10 heteroatoms. The van der Waals surface area contributed by atoms with E-state index >= 15 is 0 Å². The van der Waals surface area contributed by atoms with Crippen LogP contribution in [0.1, 0.15) is 36.8 Å². The molecule has 3 heterocycles. The summed E-state index contributed by atoms with van der Waals surface area (Å²) in [5.41, 5.74) is 0.966. The van der Waals surface area contributed by atoms with E-state index in [1.54, 1.807) is 54.8 Å². The zero-order chi connectivity index (χ0) is 34.8. The van der Waals surface area contributed by atoms with Crippen LogP contribution < -0.4 is 10.6 Å². The summed E-state index contributed by atoms with van der Waals surface area (Å²) in [6, 6.07) is 29.9. The van der Waals surface area contributed by atoms with Crippen LogP contribution >= 0.6 is 34.0 Å². The Hall–Kier alpha value is -4.77. The lowest BCUT2D eigenvalue weighted by molar-refractivity contribution is -0.149. The average Bonchev–Trinajstić information content (AvgIpc) is 3.82. The van der Waals surface area contributed by atoms with E-state index in [1.807, 2.05) is 60.7 Å². The normalized spacial score (nSPS) is 13.0. The lowest BCUT2D eigenvalue weighted by Gasteiger charge is -2.25. The van der Waals surface area contributed by atoms with Gasteiger partial charge in [-0.05, 0) is 73.7 Å². The molecule has 7 nitrogen and oxygen atoms in total. The number of fused-ring (bicyclic) bond motifs is 7. The molecule has 0 aliphatic rings. The number of carbonyl (C=O) groups excluding carboxylic acids is 3. The molecule has 7 aromatic rings. The minimum absolute atomic E-state index is 0.0698. The molecule has 7 rings (SSSR count).